The summed E-state index contributed by atoms with van der Waals surface area (Å²) in [5, 5.41) is 8.49. The maximum atomic E-state index is 13.1. The molecule has 1 aromatic carbocycles. The summed E-state index contributed by atoms with van der Waals surface area (Å²) in [6.07, 6.45) is 3.56. The standard InChI is InChI=1S/C24H31N3O5S2/c1-15(2)22-24(31)26-19-14-34-33-10-6-5-9-18(12-20(28)27-22)32-21(29)11-16-7-3-4-8-17(16)13-25-23(19)30/h3-5,7-9,15,18-19,22H,6,10-14H2,1-2H3,(H,25,30)(H,26,31)(H,27,28)/t18-,19-,22-/m1/s1. The molecule has 2 aliphatic rings. The minimum absolute atomic E-state index is 0.0263. The van der Waals surface area contributed by atoms with E-state index < -0.39 is 36.0 Å². The molecule has 184 valence electrons. The number of allylic oxidation sites excluding steroid dienone is 1. The van der Waals surface area contributed by atoms with Gasteiger partial charge in [-0.2, -0.15) is 0 Å². The fourth-order valence-corrected chi connectivity index (χ4v) is 5.81. The average molecular weight is 506 g/mol. The molecule has 3 amide bonds. The third kappa shape index (κ3) is 7.80. The molecule has 3 atom stereocenters. The van der Waals surface area contributed by atoms with Gasteiger partial charge in [0.2, 0.25) is 17.7 Å². The Bertz CT molecular complexity index is 937. The summed E-state index contributed by atoms with van der Waals surface area (Å²) in [7, 11) is 3.11. The van der Waals surface area contributed by atoms with E-state index in [0.29, 0.717) is 12.2 Å². The molecule has 0 fully saturated rings. The van der Waals surface area contributed by atoms with Gasteiger partial charge >= 0.3 is 5.97 Å². The third-order valence-corrected chi connectivity index (χ3v) is 7.96. The first-order valence-corrected chi connectivity index (χ1v) is 13.9. The molecule has 0 spiro atoms. The second-order valence-corrected chi connectivity index (χ2v) is 11.2. The molecule has 8 nitrogen and oxygen atoms in total. The van der Waals surface area contributed by atoms with Crippen LogP contribution in [0.2, 0.25) is 0 Å². The predicted molar refractivity (Wildman–Crippen MR) is 134 cm³/mol. The molecule has 2 bridgehead atoms. The van der Waals surface area contributed by atoms with Gasteiger partial charge in [-0.3, -0.25) is 19.2 Å². The van der Waals surface area contributed by atoms with E-state index in [9.17, 15) is 19.2 Å². The van der Waals surface area contributed by atoms with Crippen LogP contribution in [0.4, 0.5) is 0 Å². The van der Waals surface area contributed by atoms with Crippen LogP contribution in [-0.4, -0.2) is 53.4 Å². The highest BCUT2D eigenvalue weighted by Crippen LogP contribution is 2.24. The van der Waals surface area contributed by atoms with E-state index in [2.05, 4.69) is 16.0 Å². The number of carbonyl (C=O) groups excluding carboxylic acids is 4. The molecule has 0 radical (unpaired) electrons. The van der Waals surface area contributed by atoms with Gasteiger partial charge in [-0.1, -0.05) is 65.8 Å². The van der Waals surface area contributed by atoms with Gasteiger partial charge in [-0.25, -0.2) is 0 Å². The summed E-state index contributed by atoms with van der Waals surface area (Å²) in [6.45, 7) is 3.87. The van der Waals surface area contributed by atoms with Crippen LogP contribution in [0.1, 0.15) is 37.8 Å². The molecule has 0 unspecified atom stereocenters. The van der Waals surface area contributed by atoms with E-state index >= 15 is 0 Å². The van der Waals surface area contributed by atoms with Crippen LogP contribution >= 0.6 is 21.6 Å². The molecule has 2 aliphatic heterocycles. The van der Waals surface area contributed by atoms with E-state index in [1.54, 1.807) is 16.9 Å². The van der Waals surface area contributed by atoms with Crippen molar-refractivity contribution < 1.29 is 23.9 Å². The van der Waals surface area contributed by atoms with Gasteiger partial charge in [0.25, 0.3) is 0 Å². The van der Waals surface area contributed by atoms with Crippen molar-refractivity contribution >= 4 is 45.3 Å². The second-order valence-electron chi connectivity index (χ2n) is 8.57. The van der Waals surface area contributed by atoms with Crippen molar-refractivity contribution in [2.24, 2.45) is 5.92 Å². The van der Waals surface area contributed by atoms with E-state index in [1.807, 2.05) is 44.2 Å². The van der Waals surface area contributed by atoms with Crippen molar-refractivity contribution in [1.82, 2.24) is 16.0 Å². The first-order chi connectivity index (χ1) is 16.3. The van der Waals surface area contributed by atoms with E-state index in [0.717, 1.165) is 16.9 Å². The number of hydrogen-bond donors (Lipinski definition) is 3. The Kier molecular flexibility index (Phi) is 9.88. The Morgan fingerprint density at radius 2 is 1.76 bits per heavy atom. The second kappa shape index (κ2) is 12.9. The summed E-state index contributed by atoms with van der Waals surface area (Å²) in [5.41, 5.74) is 1.53. The van der Waals surface area contributed by atoms with Crippen molar-refractivity contribution in [3.8, 4) is 0 Å². The lowest BCUT2D eigenvalue weighted by atomic mass is 10.0. The van der Waals surface area contributed by atoms with Crippen molar-refractivity contribution in [3.63, 3.8) is 0 Å². The highest BCUT2D eigenvalue weighted by molar-refractivity contribution is 8.76. The number of fused-ring (bicyclic) bond motifs is 8. The van der Waals surface area contributed by atoms with Crippen molar-refractivity contribution in [3.05, 3.63) is 47.5 Å². The quantitative estimate of drug-likeness (QED) is 0.304. The minimum atomic E-state index is -0.820. The van der Waals surface area contributed by atoms with E-state index in [-0.39, 0.29) is 31.2 Å². The predicted octanol–water partition coefficient (Wildman–Crippen LogP) is 2.13. The summed E-state index contributed by atoms with van der Waals surface area (Å²) in [6, 6.07) is 5.74. The number of rotatable bonds is 1. The largest absolute Gasteiger partial charge is 0.457 e. The average Bonchev–Trinajstić information content (AvgIpc) is 2.79. The van der Waals surface area contributed by atoms with E-state index in [4.69, 9.17) is 4.74 Å². The zero-order valence-corrected chi connectivity index (χ0v) is 21.0. The Labute approximate surface area is 207 Å². The molecule has 34 heavy (non-hydrogen) atoms. The Balaban J connectivity index is 1.98. The van der Waals surface area contributed by atoms with Gasteiger partial charge in [-0.05, 0) is 29.5 Å². The third-order valence-electron chi connectivity index (χ3n) is 5.51. The van der Waals surface area contributed by atoms with Gasteiger partial charge in [-0.15, -0.1) is 0 Å². The Hall–Kier alpha value is -2.46. The van der Waals surface area contributed by atoms with Gasteiger partial charge in [0.15, 0.2) is 0 Å². The monoisotopic (exact) mass is 505 g/mol. The van der Waals surface area contributed by atoms with Crippen LogP contribution in [0.25, 0.3) is 0 Å². The Morgan fingerprint density at radius 1 is 1.00 bits per heavy atom. The zero-order chi connectivity index (χ0) is 24.5. The highest BCUT2D eigenvalue weighted by Gasteiger charge is 2.30. The molecular formula is C24H31N3O5S2. The van der Waals surface area contributed by atoms with Crippen molar-refractivity contribution in [2.75, 3.05) is 11.5 Å². The SMILES string of the molecule is CC(C)[C@H]1NC(=O)C[C@H]2C=CCCSSC[C@@H](NC1=O)C(=O)NCc1ccccc1CC(=O)O2. The summed E-state index contributed by atoms with van der Waals surface area (Å²) >= 11 is 0. The molecular weight excluding hydrogens is 474 g/mol. The fraction of sp³-hybridized carbons (Fsp3) is 0.500. The maximum Gasteiger partial charge on any atom is 0.310 e. The molecule has 0 saturated heterocycles. The van der Waals surface area contributed by atoms with E-state index in [1.165, 1.54) is 10.8 Å². The molecule has 2 heterocycles. The number of hydrogen-bond acceptors (Lipinski definition) is 7. The van der Waals surface area contributed by atoms with Crippen LogP contribution in [-0.2, 0) is 36.9 Å². The highest BCUT2D eigenvalue weighted by atomic mass is 33.1. The molecule has 1 aromatic rings. The normalized spacial score (nSPS) is 25.4. The Morgan fingerprint density at radius 3 is 2.53 bits per heavy atom. The van der Waals surface area contributed by atoms with Crippen molar-refractivity contribution in [2.45, 2.75) is 57.8 Å². The number of carbonyl (C=O) groups is 4. The number of ether oxygens (including phenoxy) is 1. The fourth-order valence-electron chi connectivity index (χ4n) is 3.66. The first kappa shape index (κ1) is 26.2. The van der Waals surface area contributed by atoms with Gasteiger partial charge < -0.3 is 20.7 Å². The lowest BCUT2D eigenvalue weighted by Crippen LogP contribution is -2.56. The smallest absolute Gasteiger partial charge is 0.310 e. The molecule has 0 aromatic heterocycles. The van der Waals surface area contributed by atoms with Crippen molar-refractivity contribution in [1.29, 1.82) is 0 Å². The van der Waals surface area contributed by atoms with Crippen LogP contribution in [0, 0.1) is 5.92 Å². The molecule has 0 aliphatic carbocycles. The van der Waals surface area contributed by atoms with Gasteiger partial charge in [0.05, 0.1) is 12.8 Å². The number of benzene rings is 1. The molecule has 3 N–H and O–H groups in total. The van der Waals surface area contributed by atoms with Gasteiger partial charge in [0.1, 0.15) is 18.2 Å². The van der Waals surface area contributed by atoms with Crippen LogP contribution < -0.4 is 16.0 Å². The zero-order valence-electron chi connectivity index (χ0n) is 19.4. The number of amides is 3. The lowest BCUT2D eigenvalue weighted by molar-refractivity contribution is -0.147. The van der Waals surface area contributed by atoms with Crippen LogP contribution in [0.15, 0.2) is 36.4 Å². The summed E-state index contributed by atoms with van der Waals surface area (Å²) < 4.78 is 5.65. The molecule has 3 rings (SSSR count). The topological polar surface area (TPSA) is 114 Å². The molecule has 10 heteroatoms. The number of nitrogens with one attached hydrogen (secondary N) is 3. The summed E-state index contributed by atoms with van der Waals surface area (Å²) in [5.74, 6) is -0.633. The lowest BCUT2D eigenvalue weighted by Gasteiger charge is -2.26. The first-order valence-electron chi connectivity index (χ1n) is 11.4. The maximum absolute atomic E-state index is 13.1. The van der Waals surface area contributed by atoms with Crippen LogP contribution in [0.5, 0.6) is 0 Å². The number of esters is 1. The minimum Gasteiger partial charge on any atom is -0.457 e. The molecule has 0 saturated carbocycles. The van der Waals surface area contributed by atoms with Gasteiger partial charge in [0, 0.05) is 18.1 Å². The van der Waals surface area contributed by atoms with Crippen LogP contribution in [0.3, 0.4) is 0 Å². The summed E-state index contributed by atoms with van der Waals surface area (Å²) in [4.78, 5) is 51.7.